The average Bonchev–Trinajstić information content (AvgIpc) is 3.43. The fraction of sp³-hybridized carbons (Fsp3) is 0.514. The van der Waals surface area contributed by atoms with Gasteiger partial charge in [0, 0.05) is 58.1 Å². The normalized spacial score (nSPS) is 13.4. The number of nitrogens with zero attached hydrogens (tertiary/aromatic N) is 4. The topological polar surface area (TPSA) is 166 Å². The van der Waals surface area contributed by atoms with Crippen LogP contribution >= 0.6 is 0 Å². The summed E-state index contributed by atoms with van der Waals surface area (Å²) in [5.74, 6) is 0.121. The number of pyridine rings is 1. The van der Waals surface area contributed by atoms with Crippen molar-refractivity contribution in [2.24, 2.45) is 22.2 Å². The fourth-order valence-electron chi connectivity index (χ4n) is 5.10. The Morgan fingerprint density at radius 3 is 2.18 bits per heavy atom. The molecule has 2 atom stereocenters. The molecule has 0 fully saturated rings. The molecule has 3 aromatic heterocycles. The van der Waals surface area contributed by atoms with Crippen molar-refractivity contribution < 1.29 is 13.2 Å². The molecule has 50 heavy (non-hydrogen) atoms. The second-order valence-electron chi connectivity index (χ2n) is 14.9. The minimum absolute atomic E-state index is 0.0390. The standard InChI is InChI=1S/C22H31N7O.C15H23F3N2/c1-14(25-10-5-11-26-20(23)24)15-6-8-17(9-7-15)29-13-16-12-18(22(2,3)4)27-19(16)28-21(29)30;1-10(19)6-5-7-12-8-11(15(16,17)18)9-13(20-12)14(2,3)4/h6-9,12-14,25H,5,10-11H2,1-4H3,(H4,23,24,26)(H,27,28,30);8-10H,5-7,19H2,1-4H3/t14-;10-/m00/s1. The number of H-pyrrole nitrogens is 1. The molecule has 0 bridgehead atoms. The minimum Gasteiger partial charge on any atom is -0.370 e. The molecule has 4 rings (SSSR count). The number of alkyl halides is 3. The zero-order valence-corrected chi connectivity index (χ0v) is 30.6. The van der Waals surface area contributed by atoms with E-state index in [0.717, 1.165) is 60.3 Å². The lowest BCUT2D eigenvalue weighted by molar-refractivity contribution is -0.137. The van der Waals surface area contributed by atoms with Crippen LogP contribution in [0.15, 0.2) is 58.4 Å². The smallest absolute Gasteiger partial charge is 0.370 e. The predicted molar refractivity (Wildman–Crippen MR) is 197 cm³/mol. The number of fused-ring (bicyclic) bond motifs is 1. The molecule has 274 valence electrons. The Balaban J connectivity index is 0.000000295. The van der Waals surface area contributed by atoms with Crippen LogP contribution in [0.25, 0.3) is 16.7 Å². The molecule has 0 saturated heterocycles. The van der Waals surface area contributed by atoms with Gasteiger partial charge in [-0.05, 0) is 82.0 Å². The largest absolute Gasteiger partial charge is 0.416 e. The zero-order valence-electron chi connectivity index (χ0n) is 30.6. The SMILES string of the molecule is C[C@H](N)CCCc1cc(C(F)(F)F)cc(C(C)(C)C)n1.C[C@H](NCCCN=C(N)N)c1ccc(-n2cc3cc(C(C)(C)C)[nH]c3nc2=O)cc1. The maximum absolute atomic E-state index is 12.9. The molecule has 0 aliphatic heterocycles. The Labute approximate surface area is 293 Å². The van der Waals surface area contributed by atoms with E-state index in [4.69, 9.17) is 17.2 Å². The summed E-state index contributed by atoms with van der Waals surface area (Å²) in [4.78, 5) is 28.4. The van der Waals surface area contributed by atoms with E-state index < -0.39 is 17.2 Å². The van der Waals surface area contributed by atoms with Crippen molar-refractivity contribution in [2.45, 2.75) is 110 Å². The third-order valence-corrected chi connectivity index (χ3v) is 8.13. The number of hydrogen-bond acceptors (Lipinski definition) is 6. The van der Waals surface area contributed by atoms with Gasteiger partial charge in [-0.3, -0.25) is 14.5 Å². The summed E-state index contributed by atoms with van der Waals surface area (Å²) in [5, 5.41) is 4.36. The first-order valence-electron chi connectivity index (χ1n) is 17.0. The number of nitrogens with one attached hydrogen (secondary N) is 2. The van der Waals surface area contributed by atoms with Crippen molar-refractivity contribution in [3.63, 3.8) is 0 Å². The average molecular weight is 698 g/mol. The lowest BCUT2D eigenvalue weighted by Crippen LogP contribution is -2.24. The Morgan fingerprint density at radius 1 is 0.960 bits per heavy atom. The fourth-order valence-corrected chi connectivity index (χ4v) is 5.10. The van der Waals surface area contributed by atoms with Crippen LogP contribution in [0.3, 0.4) is 0 Å². The summed E-state index contributed by atoms with van der Waals surface area (Å²) >= 11 is 0. The molecule has 8 N–H and O–H groups in total. The molecule has 13 heteroatoms. The number of nitrogens with two attached hydrogens (primary N) is 3. The molecule has 0 spiro atoms. The van der Waals surface area contributed by atoms with Gasteiger partial charge in [0.2, 0.25) is 0 Å². The second kappa shape index (κ2) is 16.7. The van der Waals surface area contributed by atoms with E-state index in [1.807, 2.05) is 58.2 Å². The Bertz CT molecular complexity index is 1740. The summed E-state index contributed by atoms with van der Waals surface area (Å²) in [6.07, 6.45) is 0.414. The first-order chi connectivity index (χ1) is 23.1. The van der Waals surface area contributed by atoms with Crippen LogP contribution in [0.1, 0.15) is 109 Å². The van der Waals surface area contributed by atoms with Crippen LogP contribution in [0.2, 0.25) is 0 Å². The lowest BCUT2D eigenvalue weighted by Gasteiger charge is -2.21. The van der Waals surface area contributed by atoms with Crippen molar-refractivity contribution >= 4 is 17.0 Å². The van der Waals surface area contributed by atoms with E-state index in [1.54, 1.807) is 4.57 Å². The molecule has 4 aromatic rings. The van der Waals surface area contributed by atoms with Crippen LogP contribution < -0.4 is 28.2 Å². The summed E-state index contributed by atoms with van der Waals surface area (Å²) in [6, 6.07) is 12.5. The van der Waals surface area contributed by atoms with Gasteiger partial charge in [0.05, 0.1) is 11.3 Å². The van der Waals surface area contributed by atoms with Crippen LogP contribution in [0.4, 0.5) is 13.2 Å². The van der Waals surface area contributed by atoms with E-state index in [0.29, 0.717) is 30.0 Å². The second-order valence-corrected chi connectivity index (χ2v) is 14.9. The van der Waals surface area contributed by atoms with Gasteiger partial charge in [0.1, 0.15) is 5.65 Å². The highest BCUT2D eigenvalue weighted by Gasteiger charge is 2.33. The number of benzene rings is 1. The van der Waals surface area contributed by atoms with Crippen LogP contribution in [-0.2, 0) is 23.4 Å². The van der Waals surface area contributed by atoms with E-state index in [-0.39, 0.29) is 29.1 Å². The third kappa shape index (κ3) is 12.0. The predicted octanol–water partition coefficient (Wildman–Crippen LogP) is 6.39. The number of rotatable bonds is 11. The molecular formula is C37H54F3N9O. The minimum atomic E-state index is -4.33. The van der Waals surface area contributed by atoms with Gasteiger partial charge < -0.3 is 27.5 Å². The Kier molecular flexibility index (Phi) is 13.4. The highest BCUT2D eigenvalue weighted by Crippen LogP contribution is 2.33. The van der Waals surface area contributed by atoms with Crippen molar-refractivity contribution in [1.82, 2.24) is 24.8 Å². The molecule has 0 radical (unpaired) electrons. The molecule has 3 heterocycles. The molecule has 0 unspecified atom stereocenters. The molecule has 0 saturated carbocycles. The van der Waals surface area contributed by atoms with E-state index >= 15 is 0 Å². The lowest BCUT2D eigenvalue weighted by atomic mass is 9.90. The highest BCUT2D eigenvalue weighted by molar-refractivity contribution is 5.76. The van der Waals surface area contributed by atoms with E-state index in [2.05, 4.69) is 59.0 Å². The summed E-state index contributed by atoms with van der Waals surface area (Å²) in [7, 11) is 0. The van der Waals surface area contributed by atoms with E-state index in [9.17, 15) is 18.0 Å². The first kappa shape index (κ1) is 40.2. The van der Waals surface area contributed by atoms with Gasteiger partial charge in [0.15, 0.2) is 5.96 Å². The zero-order chi connectivity index (χ0) is 37.4. The van der Waals surface area contributed by atoms with Gasteiger partial charge in [-0.15, -0.1) is 0 Å². The number of aryl methyl sites for hydroxylation is 1. The van der Waals surface area contributed by atoms with Crippen LogP contribution in [-0.4, -0.2) is 44.6 Å². The molecular weight excluding hydrogens is 643 g/mol. The Hall–Kier alpha value is -4.23. The molecule has 0 aliphatic rings. The quantitative estimate of drug-likeness (QED) is 0.0688. The van der Waals surface area contributed by atoms with Crippen molar-refractivity contribution in [1.29, 1.82) is 0 Å². The third-order valence-electron chi connectivity index (χ3n) is 8.13. The number of aromatic nitrogens is 4. The van der Waals surface area contributed by atoms with Gasteiger partial charge in [-0.25, -0.2) is 4.79 Å². The van der Waals surface area contributed by atoms with Crippen LogP contribution in [0.5, 0.6) is 0 Å². The number of hydrogen-bond donors (Lipinski definition) is 5. The molecule has 10 nitrogen and oxygen atoms in total. The monoisotopic (exact) mass is 697 g/mol. The van der Waals surface area contributed by atoms with Crippen LogP contribution in [0, 0.1) is 0 Å². The number of aromatic amines is 1. The number of halogens is 3. The van der Waals surface area contributed by atoms with Crippen molar-refractivity contribution in [2.75, 3.05) is 13.1 Å². The maximum Gasteiger partial charge on any atom is 0.416 e. The summed E-state index contributed by atoms with van der Waals surface area (Å²) in [5.41, 5.74) is 19.5. The molecule has 0 amide bonds. The Morgan fingerprint density at radius 2 is 1.62 bits per heavy atom. The van der Waals surface area contributed by atoms with Gasteiger partial charge in [0.25, 0.3) is 0 Å². The summed E-state index contributed by atoms with van der Waals surface area (Å²) < 4.78 is 40.4. The van der Waals surface area contributed by atoms with Crippen molar-refractivity contribution in [3.8, 4) is 5.69 Å². The molecule has 0 aliphatic carbocycles. The maximum atomic E-state index is 12.9. The van der Waals surface area contributed by atoms with Gasteiger partial charge >= 0.3 is 11.9 Å². The van der Waals surface area contributed by atoms with Crippen molar-refractivity contribution in [3.05, 3.63) is 87.4 Å². The molecule has 1 aromatic carbocycles. The summed E-state index contributed by atoms with van der Waals surface area (Å²) in [6.45, 7) is 17.4. The highest BCUT2D eigenvalue weighted by atomic mass is 19.4. The first-order valence-corrected chi connectivity index (χ1v) is 17.0. The van der Waals surface area contributed by atoms with E-state index in [1.165, 1.54) is 0 Å². The van der Waals surface area contributed by atoms with Gasteiger partial charge in [-0.2, -0.15) is 18.2 Å². The number of aliphatic imine (C=N–C) groups is 1. The van der Waals surface area contributed by atoms with Gasteiger partial charge in [-0.1, -0.05) is 53.7 Å². The number of guanidine groups is 1.